The van der Waals surface area contributed by atoms with Crippen molar-refractivity contribution in [2.45, 2.75) is 51.5 Å². The van der Waals surface area contributed by atoms with Crippen molar-refractivity contribution in [1.29, 1.82) is 0 Å². The summed E-state index contributed by atoms with van der Waals surface area (Å²) in [6.07, 6.45) is -2.45. The van der Waals surface area contributed by atoms with E-state index < -0.39 is 11.9 Å². The fourth-order valence-corrected chi connectivity index (χ4v) is 4.22. The number of anilines is 1. The number of likely N-dealkylation sites (tertiary alicyclic amines) is 1. The van der Waals surface area contributed by atoms with Gasteiger partial charge in [0.25, 0.3) is 0 Å². The Hall–Kier alpha value is -2.65. The zero-order valence-electron chi connectivity index (χ0n) is 15.6. The molecule has 2 atom stereocenters. The third-order valence-corrected chi connectivity index (χ3v) is 5.46. The van der Waals surface area contributed by atoms with Crippen LogP contribution in [0.5, 0.6) is 0 Å². The van der Waals surface area contributed by atoms with Gasteiger partial charge < -0.3 is 9.80 Å². The third kappa shape index (κ3) is 3.31. The lowest BCUT2D eigenvalue weighted by atomic mass is 10.1. The molecule has 2 aromatic rings. The van der Waals surface area contributed by atoms with Crippen molar-refractivity contribution in [3.05, 3.63) is 35.4 Å². The van der Waals surface area contributed by atoms with Gasteiger partial charge in [0.1, 0.15) is 5.69 Å². The number of nitrogens with zero attached hydrogens (tertiary/aromatic N) is 6. The van der Waals surface area contributed by atoms with Crippen molar-refractivity contribution < 1.29 is 18.0 Å². The predicted molar refractivity (Wildman–Crippen MR) is 94.6 cm³/mol. The smallest absolute Gasteiger partial charge is 0.336 e. The first-order chi connectivity index (χ1) is 13.2. The Morgan fingerprint density at radius 2 is 2.00 bits per heavy atom. The summed E-state index contributed by atoms with van der Waals surface area (Å²) < 4.78 is 40.8. The van der Waals surface area contributed by atoms with Crippen LogP contribution < -0.4 is 4.90 Å². The number of carbonyl (C=O) groups excluding carboxylic acids is 1. The number of alkyl halides is 3. The van der Waals surface area contributed by atoms with E-state index in [1.807, 2.05) is 29.5 Å². The molecule has 2 aromatic heterocycles. The van der Waals surface area contributed by atoms with Crippen molar-refractivity contribution in [1.82, 2.24) is 24.6 Å². The van der Waals surface area contributed by atoms with Crippen molar-refractivity contribution in [2.75, 3.05) is 18.0 Å². The second-order valence-corrected chi connectivity index (χ2v) is 7.30. The molecule has 4 rings (SSSR count). The Labute approximate surface area is 160 Å². The number of hydrogen-bond acceptors (Lipinski definition) is 5. The number of aryl methyl sites for hydroxylation is 2. The number of fused-ring (bicyclic) bond motifs is 1. The van der Waals surface area contributed by atoms with Crippen LogP contribution in [0.15, 0.2) is 18.3 Å². The fraction of sp³-hybridized carbons (Fsp3) is 0.556. The molecule has 4 heterocycles. The average Bonchev–Trinajstić information content (AvgIpc) is 3.26. The summed E-state index contributed by atoms with van der Waals surface area (Å²) in [6, 6.07) is 2.60. The molecule has 0 aromatic carbocycles. The molecule has 0 radical (unpaired) electrons. The van der Waals surface area contributed by atoms with Crippen LogP contribution in [0.25, 0.3) is 0 Å². The largest absolute Gasteiger partial charge is 0.433 e. The second kappa shape index (κ2) is 6.75. The van der Waals surface area contributed by atoms with Gasteiger partial charge >= 0.3 is 6.18 Å². The quantitative estimate of drug-likeness (QED) is 0.795. The fourth-order valence-electron chi connectivity index (χ4n) is 4.22. The van der Waals surface area contributed by atoms with Crippen LogP contribution >= 0.6 is 0 Å². The van der Waals surface area contributed by atoms with E-state index in [2.05, 4.69) is 15.1 Å². The molecule has 0 saturated carbocycles. The van der Waals surface area contributed by atoms with Crippen LogP contribution in [0.3, 0.4) is 0 Å². The summed E-state index contributed by atoms with van der Waals surface area (Å²) in [5.41, 5.74) is 0.995. The van der Waals surface area contributed by atoms with Gasteiger partial charge in [-0.05, 0) is 32.4 Å². The third-order valence-electron chi connectivity index (χ3n) is 5.46. The lowest BCUT2D eigenvalue weighted by molar-refractivity contribution is -0.141. The summed E-state index contributed by atoms with van der Waals surface area (Å²) in [6.45, 7) is 5.54. The van der Waals surface area contributed by atoms with Crippen molar-refractivity contribution in [2.24, 2.45) is 0 Å². The topological polar surface area (TPSA) is 67.2 Å². The van der Waals surface area contributed by atoms with E-state index in [-0.39, 0.29) is 30.4 Å². The van der Waals surface area contributed by atoms with E-state index in [9.17, 15) is 18.0 Å². The maximum Gasteiger partial charge on any atom is 0.433 e. The highest BCUT2D eigenvalue weighted by Gasteiger charge is 2.47. The van der Waals surface area contributed by atoms with Crippen LogP contribution in [-0.2, 0) is 17.5 Å². The van der Waals surface area contributed by atoms with Crippen LogP contribution in [0, 0.1) is 13.8 Å². The van der Waals surface area contributed by atoms with E-state index in [0.717, 1.165) is 23.7 Å². The number of rotatable bonds is 4. The van der Waals surface area contributed by atoms with Gasteiger partial charge in [0.05, 0.1) is 24.3 Å². The highest BCUT2D eigenvalue weighted by molar-refractivity contribution is 5.81. The number of amides is 1. The average molecular weight is 394 g/mol. The minimum Gasteiger partial charge on any atom is -0.336 e. The van der Waals surface area contributed by atoms with Gasteiger partial charge in [0, 0.05) is 31.4 Å². The van der Waals surface area contributed by atoms with Crippen molar-refractivity contribution in [3.63, 3.8) is 0 Å². The van der Waals surface area contributed by atoms with Crippen molar-refractivity contribution >= 4 is 11.9 Å². The Balaban J connectivity index is 1.49. The van der Waals surface area contributed by atoms with E-state index in [0.29, 0.717) is 26.1 Å². The molecule has 0 aliphatic carbocycles. The zero-order chi connectivity index (χ0) is 20.1. The number of hydrogen-bond donors (Lipinski definition) is 0. The summed E-state index contributed by atoms with van der Waals surface area (Å²) in [5, 5.41) is 4.42. The Morgan fingerprint density at radius 1 is 1.21 bits per heavy atom. The Morgan fingerprint density at radius 3 is 2.68 bits per heavy atom. The lowest BCUT2D eigenvalue weighted by Gasteiger charge is -2.25. The summed E-state index contributed by atoms with van der Waals surface area (Å²) >= 11 is 0. The number of aromatic nitrogens is 4. The molecule has 2 saturated heterocycles. The van der Waals surface area contributed by atoms with E-state index in [4.69, 9.17) is 0 Å². The number of halogens is 3. The second-order valence-electron chi connectivity index (χ2n) is 7.30. The molecule has 28 heavy (non-hydrogen) atoms. The summed E-state index contributed by atoms with van der Waals surface area (Å²) in [7, 11) is 0. The minimum atomic E-state index is -4.52. The molecule has 2 fully saturated rings. The highest BCUT2D eigenvalue weighted by Crippen LogP contribution is 2.35. The molecule has 1 amide bonds. The molecule has 2 aliphatic heterocycles. The molecule has 7 nitrogen and oxygen atoms in total. The van der Waals surface area contributed by atoms with Gasteiger partial charge in [-0.3, -0.25) is 9.48 Å². The summed E-state index contributed by atoms with van der Waals surface area (Å²) in [5.74, 6) is 0.0451. The molecular weight excluding hydrogens is 373 g/mol. The molecule has 0 bridgehead atoms. The molecular formula is C18H21F3N6O. The van der Waals surface area contributed by atoms with E-state index in [1.165, 1.54) is 0 Å². The maximum atomic E-state index is 13.0. The van der Waals surface area contributed by atoms with E-state index in [1.54, 1.807) is 4.90 Å². The lowest BCUT2D eigenvalue weighted by Crippen LogP contribution is -2.39. The zero-order valence-corrected chi connectivity index (χ0v) is 15.6. The van der Waals surface area contributed by atoms with Gasteiger partial charge in [0.2, 0.25) is 11.9 Å². The molecule has 0 N–H and O–H groups in total. The van der Waals surface area contributed by atoms with Gasteiger partial charge in [-0.15, -0.1) is 0 Å². The SMILES string of the molecule is Cc1cc(C)n(CCN2C(=O)C[C@H]3[C@@H]2CCN3c2nccc(C(F)(F)F)n2)n1. The van der Waals surface area contributed by atoms with Gasteiger partial charge in [-0.1, -0.05) is 0 Å². The first kappa shape index (κ1) is 18.7. The highest BCUT2D eigenvalue weighted by atomic mass is 19.4. The normalized spacial score (nSPS) is 22.2. The van der Waals surface area contributed by atoms with Crippen LogP contribution in [-0.4, -0.2) is 55.7 Å². The number of carbonyl (C=O) groups is 1. The Kier molecular flexibility index (Phi) is 4.51. The van der Waals surface area contributed by atoms with Crippen LogP contribution in [0.4, 0.5) is 19.1 Å². The predicted octanol–water partition coefficient (Wildman–Crippen LogP) is 2.19. The molecule has 2 aliphatic rings. The van der Waals surface area contributed by atoms with Gasteiger partial charge in [0.15, 0.2) is 0 Å². The maximum absolute atomic E-state index is 13.0. The first-order valence-electron chi connectivity index (χ1n) is 9.21. The minimum absolute atomic E-state index is 0.00760. The molecule has 150 valence electrons. The standard InChI is InChI=1S/C18H21F3N6O/c1-11-9-12(2)27(24-11)8-7-25-13-4-6-26(14(13)10-16(25)28)17-22-5-3-15(23-17)18(19,20)21/h3,5,9,13-14H,4,6-8,10H2,1-2H3/t13-,14-/m0/s1. The van der Waals surface area contributed by atoms with Gasteiger partial charge in [-0.25, -0.2) is 9.97 Å². The monoisotopic (exact) mass is 394 g/mol. The van der Waals surface area contributed by atoms with E-state index >= 15 is 0 Å². The first-order valence-corrected chi connectivity index (χ1v) is 9.21. The Bertz CT molecular complexity index is 896. The summed E-state index contributed by atoms with van der Waals surface area (Å²) in [4.78, 5) is 23.8. The molecule has 0 unspecified atom stereocenters. The molecule has 0 spiro atoms. The van der Waals surface area contributed by atoms with Crippen molar-refractivity contribution in [3.8, 4) is 0 Å². The molecule has 10 heteroatoms. The van der Waals surface area contributed by atoms with Crippen LogP contribution in [0.1, 0.15) is 29.9 Å². The van der Waals surface area contributed by atoms with Gasteiger partial charge in [-0.2, -0.15) is 18.3 Å². The van der Waals surface area contributed by atoms with Crippen LogP contribution in [0.2, 0.25) is 0 Å².